The summed E-state index contributed by atoms with van der Waals surface area (Å²) in [5, 5.41) is 3.38. The molecule has 1 aliphatic rings. The molecule has 1 aromatic rings. The van der Waals surface area contributed by atoms with E-state index >= 15 is 0 Å². The summed E-state index contributed by atoms with van der Waals surface area (Å²) >= 11 is 0. The quantitative estimate of drug-likeness (QED) is 0.918. The Balaban J connectivity index is 1.90. The van der Waals surface area contributed by atoms with Crippen molar-refractivity contribution in [3.63, 3.8) is 0 Å². The average Bonchev–Trinajstić information content (AvgIpc) is 2.76. The highest BCUT2D eigenvalue weighted by atomic mass is 16.2. The van der Waals surface area contributed by atoms with Crippen LogP contribution in [0.3, 0.4) is 0 Å². The smallest absolute Gasteiger partial charge is 0.239 e. The maximum Gasteiger partial charge on any atom is 0.239 e. The molecule has 4 heteroatoms. The number of amides is 1. The molecule has 0 bridgehead atoms. The monoisotopic (exact) mass is 275 g/mol. The van der Waals surface area contributed by atoms with Crippen molar-refractivity contribution in [2.24, 2.45) is 0 Å². The van der Waals surface area contributed by atoms with Crippen LogP contribution in [0.4, 0.5) is 0 Å². The zero-order chi connectivity index (χ0) is 14.4. The highest BCUT2D eigenvalue weighted by Gasteiger charge is 2.22. The molecule has 110 valence electrons. The van der Waals surface area contributed by atoms with Crippen molar-refractivity contribution in [2.75, 3.05) is 13.1 Å². The predicted octanol–water partition coefficient (Wildman–Crippen LogP) is 2.52. The van der Waals surface area contributed by atoms with E-state index in [1.54, 1.807) is 6.20 Å². The van der Waals surface area contributed by atoms with E-state index in [0.717, 1.165) is 31.5 Å². The van der Waals surface area contributed by atoms with Crippen LogP contribution in [0.1, 0.15) is 51.1 Å². The number of nitrogens with zero attached hydrogens (tertiary/aromatic N) is 2. The summed E-state index contributed by atoms with van der Waals surface area (Å²) in [6.45, 7) is 5.85. The van der Waals surface area contributed by atoms with Gasteiger partial charge in [-0.05, 0) is 38.3 Å². The minimum absolute atomic E-state index is 0.134. The van der Waals surface area contributed by atoms with Gasteiger partial charge < -0.3 is 4.90 Å². The lowest BCUT2D eigenvalue weighted by Gasteiger charge is -2.26. The summed E-state index contributed by atoms with van der Waals surface area (Å²) in [6.07, 6.45) is 8.38. The van der Waals surface area contributed by atoms with Gasteiger partial charge in [0, 0.05) is 31.5 Å². The fourth-order valence-electron chi connectivity index (χ4n) is 2.74. The second-order valence-corrected chi connectivity index (χ2v) is 5.64. The molecule has 20 heavy (non-hydrogen) atoms. The molecule has 1 aliphatic heterocycles. The molecule has 0 spiro atoms. The molecule has 2 rings (SSSR count). The Morgan fingerprint density at radius 1 is 1.25 bits per heavy atom. The highest BCUT2D eigenvalue weighted by molar-refractivity contribution is 5.81. The lowest BCUT2D eigenvalue weighted by atomic mass is 10.1. The lowest BCUT2D eigenvalue weighted by Crippen LogP contribution is -2.45. The molecule has 4 nitrogen and oxygen atoms in total. The minimum Gasteiger partial charge on any atom is -0.341 e. The van der Waals surface area contributed by atoms with Crippen molar-refractivity contribution in [3.05, 3.63) is 30.1 Å². The molecular weight excluding hydrogens is 250 g/mol. The van der Waals surface area contributed by atoms with Crippen LogP contribution in [0.25, 0.3) is 0 Å². The van der Waals surface area contributed by atoms with E-state index in [1.165, 1.54) is 12.8 Å². The topological polar surface area (TPSA) is 45.2 Å². The Hall–Kier alpha value is -1.42. The number of hydrogen-bond donors (Lipinski definition) is 1. The second-order valence-electron chi connectivity index (χ2n) is 5.64. The van der Waals surface area contributed by atoms with Gasteiger partial charge in [0.05, 0.1) is 6.04 Å². The molecule has 1 N–H and O–H groups in total. The maximum atomic E-state index is 12.5. The van der Waals surface area contributed by atoms with Gasteiger partial charge in [-0.25, -0.2) is 0 Å². The third kappa shape index (κ3) is 4.04. The normalized spacial score (nSPS) is 19.2. The summed E-state index contributed by atoms with van der Waals surface area (Å²) in [5.41, 5.74) is 1.11. The van der Waals surface area contributed by atoms with Crippen LogP contribution in [0.5, 0.6) is 0 Å². The number of pyridine rings is 1. The van der Waals surface area contributed by atoms with Crippen LogP contribution >= 0.6 is 0 Å². The van der Waals surface area contributed by atoms with E-state index in [-0.39, 0.29) is 18.0 Å². The number of nitrogens with one attached hydrogen (secondary N) is 1. The molecule has 1 fully saturated rings. The Labute approximate surface area is 121 Å². The molecule has 0 aromatic carbocycles. The standard InChI is InChI=1S/C16H25N3O/c1-13(15-8-7-9-17-12-15)18-14(2)16(20)19-10-5-3-4-6-11-19/h7-9,12-14,18H,3-6,10-11H2,1-2H3/t13-,14?/m0/s1. The molecule has 1 unspecified atom stereocenters. The summed E-state index contributed by atoms with van der Waals surface area (Å²) in [4.78, 5) is 18.6. The van der Waals surface area contributed by atoms with E-state index in [1.807, 2.05) is 30.2 Å². The van der Waals surface area contributed by atoms with Crippen LogP contribution < -0.4 is 5.32 Å². The molecule has 1 amide bonds. The molecule has 1 aromatic heterocycles. The first-order chi connectivity index (χ1) is 9.68. The van der Waals surface area contributed by atoms with E-state index in [4.69, 9.17) is 0 Å². The van der Waals surface area contributed by atoms with Gasteiger partial charge in [0.2, 0.25) is 5.91 Å². The fraction of sp³-hybridized carbons (Fsp3) is 0.625. The predicted molar refractivity (Wildman–Crippen MR) is 80.3 cm³/mol. The molecule has 0 saturated carbocycles. The highest BCUT2D eigenvalue weighted by Crippen LogP contribution is 2.14. The average molecular weight is 275 g/mol. The number of rotatable bonds is 4. The Kier molecular flexibility index (Phi) is 5.53. The maximum absolute atomic E-state index is 12.5. The SMILES string of the molecule is CC(N[C@@H](C)c1cccnc1)C(=O)N1CCCCCC1. The second kappa shape index (κ2) is 7.39. The van der Waals surface area contributed by atoms with Crippen LogP contribution in [-0.4, -0.2) is 34.9 Å². The summed E-state index contributed by atoms with van der Waals surface area (Å²) in [5.74, 6) is 0.225. The van der Waals surface area contributed by atoms with Gasteiger partial charge in [-0.1, -0.05) is 18.9 Å². The van der Waals surface area contributed by atoms with Crippen molar-refractivity contribution in [3.8, 4) is 0 Å². The Morgan fingerprint density at radius 2 is 1.95 bits per heavy atom. The minimum atomic E-state index is -0.150. The van der Waals surface area contributed by atoms with Crippen LogP contribution in [-0.2, 0) is 4.79 Å². The molecule has 0 radical (unpaired) electrons. The third-order valence-electron chi connectivity index (χ3n) is 3.97. The zero-order valence-electron chi connectivity index (χ0n) is 12.5. The van der Waals surface area contributed by atoms with Crippen molar-refractivity contribution in [2.45, 2.75) is 51.6 Å². The fourth-order valence-corrected chi connectivity index (χ4v) is 2.74. The number of carbonyl (C=O) groups is 1. The summed E-state index contributed by atoms with van der Waals surface area (Å²) < 4.78 is 0. The molecule has 2 atom stereocenters. The van der Waals surface area contributed by atoms with Crippen molar-refractivity contribution in [1.82, 2.24) is 15.2 Å². The number of likely N-dealkylation sites (tertiary alicyclic amines) is 1. The van der Waals surface area contributed by atoms with E-state index in [9.17, 15) is 4.79 Å². The van der Waals surface area contributed by atoms with Crippen LogP contribution in [0.15, 0.2) is 24.5 Å². The van der Waals surface area contributed by atoms with Gasteiger partial charge in [-0.2, -0.15) is 0 Å². The number of carbonyl (C=O) groups excluding carboxylic acids is 1. The first-order valence-corrected chi connectivity index (χ1v) is 7.63. The van der Waals surface area contributed by atoms with Gasteiger partial charge in [-0.3, -0.25) is 15.1 Å². The van der Waals surface area contributed by atoms with Crippen LogP contribution in [0.2, 0.25) is 0 Å². The molecule has 0 aliphatic carbocycles. The molecule has 2 heterocycles. The summed E-state index contributed by atoms with van der Waals surface area (Å²) in [6, 6.07) is 3.95. The van der Waals surface area contributed by atoms with Crippen molar-refractivity contribution in [1.29, 1.82) is 0 Å². The first kappa shape index (κ1) is 15.0. The summed E-state index contributed by atoms with van der Waals surface area (Å²) in [7, 11) is 0. The van der Waals surface area contributed by atoms with E-state index in [2.05, 4.69) is 17.2 Å². The lowest BCUT2D eigenvalue weighted by molar-refractivity contribution is -0.133. The van der Waals surface area contributed by atoms with Gasteiger partial charge in [0.25, 0.3) is 0 Å². The van der Waals surface area contributed by atoms with E-state index in [0.29, 0.717) is 0 Å². The largest absolute Gasteiger partial charge is 0.341 e. The van der Waals surface area contributed by atoms with Gasteiger partial charge >= 0.3 is 0 Å². The third-order valence-corrected chi connectivity index (χ3v) is 3.97. The zero-order valence-corrected chi connectivity index (χ0v) is 12.5. The number of hydrogen-bond acceptors (Lipinski definition) is 3. The van der Waals surface area contributed by atoms with Crippen molar-refractivity contribution < 1.29 is 4.79 Å². The van der Waals surface area contributed by atoms with Gasteiger partial charge in [0.15, 0.2) is 0 Å². The van der Waals surface area contributed by atoms with Crippen LogP contribution in [0, 0.1) is 0 Å². The Morgan fingerprint density at radius 3 is 2.55 bits per heavy atom. The van der Waals surface area contributed by atoms with Gasteiger partial charge in [0.1, 0.15) is 0 Å². The number of aromatic nitrogens is 1. The Bertz CT molecular complexity index is 413. The molecule has 1 saturated heterocycles. The van der Waals surface area contributed by atoms with E-state index < -0.39 is 0 Å². The molecular formula is C16H25N3O. The van der Waals surface area contributed by atoms with Crippen molar-refractivity contribution >= 4 is 5.91 Å². The van der Waals surface area contributed by atoms with Gasteiger partial charge in [-0.15, -0.1) is 0 Å². The first-order valence-electron chi connectivity index (χ1n) is 7.63.